The average molecular weight is 271 g/mol. The molecule has 0 spiro atoms. The molecule has 1 unspecified atom stereocenters. The Labute approximate surface area is 121 Å². The number of rotatable bonds is 2. The summed E-state index contributed by atoms with van der Waals surface area (Å²) < 4.78 is 1.97. The molecule has 108 valence electrons. The monoisotopic (exact) mass is 271 g/mol. The smallest absolute Gasteiger partial charge is 0.0721 e. The Morgan fingerprint density at radius 1 is 1.25 bits per heavy atom. The quantitative estimate of drug-likeness (QED) is 0.909. The van der Waals surface area contributed by atoms with Crippen LogP contribution in [0.3, 0.4) is 0 Å². The lowest BCUT2D eigenvalue weighted by atomic mass is 9.67. The minimum Gasteiger partial charge on any atom is -0.325 e. The summed E-state index contributed by atoms with van der Waals surface area (Å²) in [6, 6.07) is 8.44. The Balaban J connectivity index is 1.93. The van der Waals surface area contributed by atoms with E-state index >= 15 is 0 Å². The maximum Gasteiger partial charge on any atom is 0.0721 e. The van der Waals surface area contributed by atoms with E-state index in [1.165, 1.54) is 23.7 Å². The van der Waals surface area contributed by atoms with Gasteiger partial charge in [0.25, 0.3) is 0 Å². The fraction of sp³-hybridized carbons (Fsp3) is 0.588. The van der Waals surface area contributed by atoms with E-state index in [2.05, 4.69) is 38.1 Å². The third-order valence-electron chi connectivity index (χ3n) is 4.71. The van der Waals surface area contributed by atoms with Crippen LogP contribution in [0.25, 0.3) is 10.9 Å². The minimum atomic E-state index is -0.0983. The number of hydrogen-bond acceptors (Lipinski definition) is 2. The molecule has 0 bridgehead atoms. The van der Waals surface area contributed by atoms with Crippen molar-refractivity contribution in [2.24, 2.45) is 18.2 Å². The van der Waals surface area contributed by atoms with Crippen LogP contribution in [0.2, 0.25) is 0 Å². The zero-order valence-electron chi connectivity index (χ0n) is 12.8. The first-order valence-electron chi connectivity index (χ1n) is 7.58. The fourth-order valence-electron chi connectivity index (χ4n) is 3.95. The molecule has 2 N–H and O–H groups in total. The highest BCUT2D eigenvalue weighted by Gasteiger charge is 2.37. The maximum absolute atomic E-state index is 6.72. The van der Waals surface area contributed by atoms with Gasteiger partial charge in [-0.25, -0.2) is 0 Å². The van der Waals surface area contributed by atoms with Crippen LogP contribution >= 0.6 is 0 Å². The Morgan fingerprint density at radius 3 is 2.75 bits per heavy atom. The normalized spacial score (nSPS) is 26.0. The number of aryl methyl sites for hydroxylation is 1. The summed E-state index contributed by atoms with van der Waals surface area (Å²) in [5.74, 6) is 0. The molecule has 0 saturated heterocycles. The van der Waals surface area contributed by atoms with Gasteiger partial charge in [0, 0.05) is 24.4 Å². The first-order chi connectivity index (χ1) is 9.39. The Morgan fingerprint density at radius 2 is 2.00 bits per heavy atom. The van der Waals surface area contributed by atoms with Crippen LogP contribution in [-0.4, -0.2) is 15.3 Å². The van der Waals surface area contributed by atoms with Crippen molar-refractivity contribution in [1.82, 2.24) is 9.78 Å². The average Bonchev–Trinajstić information content (AvgIpc) is 2.65. The first-order valence-corrected chi connectivity index (χ1v) is 7.58. The zero-order chi connectivity index (χ0) is 14.4. The van der Waals surface area contributed by atoms with Crippen molar-refractivity contribution in [2.75, 3.05) is 0 Å². The number of nitrogens with zero attached hydrogens (tertiary/aromatic N) is 2. The van der Waals surface area contributed by atoms with Crippen LogP contribution in [-0.2, 0) is 13.5 Å². The molecular weight excluding hydrogens is 246 g/mol. The van der Waals surface area contributed by atoms with Gasteiger partial charge >= 0.3 is 0 Å². The zero-order valence-corrected chi connectivity index (χ0v) is 12.8. The van der Waals surface area contributed by atoms with Gasteiger partial charge in [0.1, 0.15) is 0 Å². The Kier molecular flexibility index (Phi) is 3.13. The molecule has 3 rings (SSSR count). The van der Waals surface area contributed by atoms with Gasteiger partial charge in [0.2, 0.25) is 0 Å². The topological polar surface area (TPSA) is 43.8 Å². The molecule has 1 aliphatic rings. The van der Waals surface area contributed by atoms with E-state index in [0.717, 1.165) is 25.0 Å². The van der Waals surface area contributed by atoms with Gasteiger partial charge in [-0.3, -0.25) is 4.68 Å². The molecule has 0 amide bonds. The predicted molar refractivity (Wildman–Crippen MR) is 83.6 cm³/mol. The van der Waals surface area contributed by atoms with Crippen LogP contribution in [0, 0.1) is 5.41 Å². The highest BCUT2D eigenvalue weighted by atomic mass is 15.3. The summed E-state index contributed by atoms with van der Waals surface area (Å²) in [4.78, 5) is 0. The van der Waals surface area contributed by atoms with Gasteiger partial charge in [-0.1, -0.05) is 38.5 Å². The van der Waals surface area contributed by atoms with Crippen LogP contribution < -0.4 is 5.73 Å². The van der Waals surface area contributed by atoms with E-state index < -0.39 is 0 Å². The number of nitrogens with two attached hydrogens (primary N) is 1. The second kappa shape index (κ2) is 4.59. The number of fused-ring (bicyclic) bond motifs is 1. The lowest BCUT2D eigenvalue weighted by molar-refractivity contribution is 0.150. The van der Waals surface area contributed by atoms with Crippen LogP contribution in [0.15, 0.2) is 24.3 Å². The number of para-hydroxylation sites is 1. The first kappa shape index (κ1) is 13.6. The van der Waals surface area contributed by atoms with Gasteiger partial charge in [0.05, 0.1) is 11.2 Å². The van der Waals surface area contributed by atoms with Gasteiger partial charge in [0.15, 0.2) is 0 Å². The summed E-state index contributed by atoms with van der Waals surface area (Å²) in [5.41, 5.74) is 9.33. The van der Waals surface area contributed by atoms with Crippen molar-refractivity contribution in [3.63, 3.8) is 0 Å². The highest BCUT2D eigenvalue weighted by Crippen LogP contribution is 2.41. The van der Waals surface area contributed by atoms with Crippen LogP contribution in [0.4, 0.5) is 0 Å². The third-order valence-corrected chi connectivity index (χ3v) is 4.71. The van der Waals surface area contributed by atoms with Crippen LogP contribution in [0.1, 0.15) is 45.2 Å². The number of benzene rings is 1. The molecule has 0 aliphatic heterocycles. The molecule has 0 radical (unpaired) electrons. The van der Waals surface area contributed by atoms with Crippen molar-refractivity contribution in [2.45, 2.75) is 51.5 Å². The summed E-state index contributed by atoms with van der Waals surface area (Å²) in [6.07, 6.45) is 5.60. The van der Waals surface area contributed by atoms with Crippen LogP contribution in [0.5, 0.6) is 0 Å². The lowest BCUT2D eigenvalue weighted by Gasteiger charge is -2.42. The molecule has 1 aromatic carbocycles. The summed E-state index contributed by atoms with van der Waals surface area (Å²) in [6.45, 7) is 4.68. The lowest BCUT2D eigenvalue weighted by Crippen LogP contribution is -2.48. The third kappa shape index (κ3) is 2.47. The Hall–Kier alpha value is -1.35. The van der Waals surface area contributed by atoms with Crippen molar-refractivity contribution < 1.29 is 0 Å². The van der Waals surface area contributed by atoms with Gasteiger partial charge in [-0.15, -0.1) is 0 Å². The SMILES string of the molecule is Cn1nc(CC2(N)CCCC(C)(C)C2)c2ccccc21. The standard InChI is InChI=1S/C17H25N3/c1-16(2)9-6-10-17(18,12-16)11-14-13-7-4-5-8-15(13)20(3)19-14/h4-5,7-8H,6,9-12,18H2,1-3H3. The molecular formula is C17H25N3. The van der Waals surface area contributed by atoms with Gasteiger partial charge < -0.3 is 5.73 Å². The van der Waals surface area contributed by atoms with Crippen molar-refractivity contribution in [3.8, 4) is 0 Å². The van der Waals surface area contributed by atoms with Gasteiger partial charge in [-0.05, 0) is 30.7 Å². The molecule has 1 heterocycles. The van der Waals surface area contributed by atoms with E-state index in [9.17, 15) is 0 Å². The maximum atomic E-state index is 6.72. The number of aromatic nitrogens is 2. The second-order valence-electron chi connectivity index (χ2n) is 7.32. The van der Waals surface area contributed by atoms with E-state index in [4.69, 9.17) is 10.8 Å². The van der Waals surface area contributed by atoms with Crippen molar-refractivity contribution >= 4 is 10.9 Å². The number of hydrogen-bond donors (Lipinski definition) is 1. The molecule has 1 saturated carbocycles. The summed E-state index contributed by atoms with van der Waals surface area (Å²) in [7, 11) is 2.01. The molecule has 1 atom stereocenters. The largest absolute Gasteiger partial charge is 0.325 e. The van der Waals surface area contributed by atoms with E-state index in [1.54, 1.807) is 0 Å². The van der Waals surface area contributed by atoms with E-state index in [1.807, 2.05) is 11.7 Å². The fourth-order valence-corrected chi connectivity index (χ4v) is 3.95. The molecule has 2 aromatic rings. The van der Waals surface area contributed by atoms with E-state index in [0.29, 0.717) is 5.41 Å². The highest BCUT2D eigenvalue weighted by molar-refractivity contribution is 5.81. The molecule has 1 aromatic heterocycles. The molecule has 1 fully saturated rings. The van der Waals surface area contributed by atoms with Gasteiger partial charge in [-0.2, -0.15) is 5.10 Å². The van der Waals surface area contributed by atoms with E-state index in [-0.39, 0.29) is 5.54 Å². The molecule has 3 heteroatoms. The second-order valence-corrected chi connectivity index (χ2v) is 7.32. The Bertz CT molecular complexity index is 626. The van der Waals surface area contributed by atoms with Crippen molar-refractivity contribution in [3.05, 3.63) is 30.0 Å². The summed E-state index contributed by atoms with van der Waals surface area (Å²) >= 11 is 0. The molecule has 20 heavy (non-hydrogen) atoms. The minimum absolute atomic E-state index is 0.0983. The molecule has 3 nitrogen and oxygen atoms in total. The molecule has 1 aliphatic carbocycles. The predicted octanol–water partition coefficient (Wildman–Crippen LogP) is 3.41. The summed E-state index contributed by atoms with van der Waals surface area (Å²) in [5, 5.41) is 5.97. The van der Waals surface area contributed by atoms with Crippen molar-refractivity contribution in [1.29, 1.82) is 0 Å².